The van der Waals surface area contributed by atoms with Crippen LogP contribution < -0.4 is 4.90 Å². The third-order valence-corrected chi connectivity index (χ3v) is 9.50. The first-order chi connectivity index (χ1) is 24.8. The zero-order chi connectivity index (χ0) is 33.3. The van der Waals surface area contributed by atoms with E-state index in [0.29, 0.717) is 0 Å². The number of furan rings is 1. The van der Waals surface area contributed by atoms with E-state index in [9.17, 15) is 0 Å². The van der Waals surface area contributed by atoms with Gasteiger partial charge in [0.15, 0.2) is 0 Å². The largest absolute Gasteiger partial charge is 0.456 e. The molecule has 0 aliphatic heterocycles. The summed E-state index contributed by atoms with van der Waals surface area (Å²) in [4.78, 5) is 2.35. The van der Waals surface area contributed by atoms with Crippen molar-refractivity contribution in [2.75, 3.05) is 4.90 Å². The van der Waals surface area contributed by atoms with Gasteiger partial charge in [0.2, 0.25) is 0 Å². The molecule has 0 aliphatic carbocycles. The predicted octanol–water partition coefficient (Wildman–Crippen LogP) is 13.7. The van der Waals surface area contributed by atoms with Gasteiger partial charge in [-0.05, 0) is 81.4 Å². The van der Waals surface area contributed by atoms with Gasteiger partial charge in [0, 0.05) is 33.8 Å². The van der Waals surface area contributed by atoms with E-state index >= 15 is 0 Å². The molecule has 236 valence electrons. The Morgan fingerprint density at radius 3 is 1.52 bits per heavy atom. The summed E-state index contributed by atoms with van der Waals surface area (Å²) in [6, 6.07) is 71.1. The Balaban J connectivity index is 1.16. The van der Waals surface area contributed by atoms with Crippen LogP contribution in [-0.4, -0.2) is 0 Å². The molecule has 50 heavy (non-hydrogen) atoms. The molecule has 0 radical (unpaired) electrons. The fourth-order valence-electron chi connectivity index (χ4n) is 6.98. The molecule has 9 aromatic rings. The second-order valence-electron chi connectivity index (χ2n) is 12.6. The topological polar surface area (TPSA) is 16.4 Å². The summed E-state index contributed by atoms with van der Waals surface area (Å²) in [7, 11) is 0. The molecule has 0 spiro atoms. The zero-order valence-electron chi connectivity index (χ0n) is 27.4. The van der Waals surface area contributed by atoms with Gasteiger partial charge in [0.05, 0.1) is 5.69 Å². The minimum absolute atomic E-state index is 0.868. The maximum Gasteiger partial charge on any atom is 0.137 e. The van der Waals surface area contributed by atoms with Crippen LogP contribution in [0.1, 0.15) is 0 Å². The Kier molecular flexibility index (Phi) is 7.53. The molecule has 0 amide bonds. The number of nitrogens with zero attached hydrogens (tertiary/aromatic N) is 1. The molecular weight excluding hydrogens is 607 g/mol. The summed E-state index contributed by atoms with van der Waals surface area (Å²) in [5.41, 5.74) is 14.4. The lowest BCUT2D eigenvalue weighted by atomic mass is 9.97. The van der Waals surface area contributed by atoms with Crippen molar-refractivity contribution in [3.63, 3.8) is 0 Å². The van der Waals surface area contributed by atoms with Gasteiger partial charge in [-0.1, -0.05) is 152 Å². The Morgan fingerprint density at radius 1 is 0.300 bits per heavy atom. The second-order valence-corrected chi connectivity index (χ2v) is 12.6. The number of anilines is 3. The molecule has 0 saturated heterocycles. The lowest BCUT2D eigenvalue weighted by Gasteiger charge is -2.28. The summed E-state index contributed by atoms with van der Waals surface area (Å²) in [5, 5.41) is 2.24. The number of hydrogen-bond donors (Lipinski definition) is 0. The molecular formula is C48H33NO. The van der Waals surface area contributed by atoms with Crippen molar-refractivity contribution < 1.29 is 4.42 Å². The summed E-state index contributed by atoms with van der Waals surface area (Å²) in [6.45, 7) is 0. The van der Waals surface area contributed by atoms with E-state index in [-0.39, 0.29) is 0 Å². The van der Waals surface area contributed by atoms with Crippen LogP contribution in [0, 0.1) is 0 Å². The van der Waals surface area contributed by atoms with Crippen LogP contribution >= 0.6 is 0 Å². The van der Waals surface area contributed by atoms with Crippen molar-refractivity contribution in [3.8, 4) is 44.5 Å². The van der Waals surface area contributed by atoms with Gasteiger partial charge in [-0.15, -0.1) is 0 Å². The van der Waals surface area contributed by atoms with E-state index in [4.69, 9.17) is 4.42 Å². The standard InChI is InChI=1S/C48H33NO/c1-3-12-34(13-4-1)36-22-24-37(25-23-36)38-26-28-41(29-27-38)49(42-30-31-45-44-19-8-10-21-47(44)50-48(45)33-42)46-20-9-7-18-43(46)40-17-11-16-39(32-40)35-14-5-2-6-15-35/h1-33H. The second kappa shape index (κ2) is 12.8. The van der Waals surface area contributed by atoms with E-state index < -0.39 is 0 Å². The summed E-state index contributed by atoms with van der Waals surface area (Å²) >= 11 is 0. The Bertz CT molecular complexity index is 2570. The van der Waals surface area contributed by atoms with Crippen LogP contribution in [0.2, 0.25) is 0 Å². The molecule has 0 saturated carbocycles. The van der Waals surface area contributed by atoms with Gasteiger partial charge >= 0.3 is 0 Å². The smallest absolute Gasteiger partial charge is 0.137 e. The van der Waals surface area contributed by atoms with E-state index in [1.165, 1.54) is 33.4 Å². The number of hydrogen-bond acceptors (Lipinski definition) is 2. The summed E-state index contributed by atoms with van der Waals surface area (Å²) in [5.74, 6) is 0. The average molecular weight is 640 g/mol. The molecule has 8 aromatic carbocycles. The van der Waals surface area contributed by atoms with Gasteiger partial charge in [-0.25, -0.2) is 0 Å². The van der Waals surface area contributed by atoms with Gasteiger partial charge in [-0.3, -0.25) is 0 Å². The van der Waals surface area contributed by atoms with E-state index in [1.54, 1.807) is 0 Å². The van der Waals surface area contributed by atoms with E-state index in [2.05, 4.69) is 193 Å². The molecule has 0 N–H and O–H groups in total. The van der Waals surface area contributed by atoms with Gasteiger partial charge in [-0.2, -0.15) is 0 Å². The number of fused-ring (bicyclic) bond motifs is 3. The molecule has 0 unspecified atom stereocenters. The summed E-state index contributed by atoms with van der Waals surface area (Å²) in [6.07, 6.45) is 0. The van der Waals surface area contributed by atoms with Crippen molar-refractivity contribution in [2.24, 2.45) is 0 Å². The van der Waals surface area contributed by atoms with Crippen molar-refractivity contribution in [1.29, 1.82) is 0 Å². The van der Waals surface area contributed by atoms with Gasteiger partial charge in [0.25, 0.3) is 0 Å². The Hall–Kier alpha value is -6.64. The van der Waals surface area contributed by atoms with Gasteiger partial charge < -0.3 is 9.32 Å². The molecule has 0 fully saturated rings. The number of benzene rings is 8. The van der Waals surface area contributed by atoms with Crippen LogP contribution in [0.4, 0.5) is 17.1 Å². The SMILES string of the molecule is c1ccc(-c2ccc(-c3ccc(N(c4ccc5c(c4)oc4ccccc45)c4ccccc4-c4cccc(-c5ccccc5)c4)cc3)cc2)cc1. The van der Waals surface area contributed by atoms with E-state index in [0.717, 1.165) is 50.1 Å². The van der Waals surface area contributed by atoms with Crippen LogP contribution in [-0.2, 0) is 0 Å². The van der Waals surface area contributed by atoms with Crippen LogP contribution in [0.15, 0.2) is 205 Å². The lowest BCUT2D eigenvalue weighted by Crippen LogP contribution is -2.11. The molecule has 9 rings (SSSR count). The normalized spacial score (nSPS) is 11.2. The van der Waals surface area contributed by atoms with Crippen LogP contribution in [0.25, 0.3) is 66.4 Å². The first-order valence-corrected chi connectivity index (χ1v) is 17.0. The van der Waals surface area contributed by atoms with Crippen molar-refractivity contribution in [1.82, 2.24) is 0 Å². The van der Waals surface area contributed by atoms with E-state index in [1.807, 2.05) is 12.1 Å². The molecule has 0 atom stereocenters. The molecule has 2 heteroatoms. The fraction of sp³-hybridized carbons (Fsp3) is 0. The first-order valence-electron chi connectivity index (χ1n) is 17.0. The predicted molar refractivity (Wildman–Crippen MR) is 210 cm³/mol. The maximum atomic E-state index is 6.39. The highest BCUT2D eigenvalue weighted by molar-refractivity contribution is 6.06. The maximum absolute atomic E-state index is 6.39. The highest BCUT2D eigenvalue weighted by atomic mass is 16.3. The third kappa shape index (κ3) is 5.53. The summed E-state index contributed by atoms with van der Waals surface area (Å²) < 4.78 is 6.39. The minimum atomic E-state index is 0.868. The highest BCUT2D eigenvalue weighted by Crippen LogP contribution is 2.43. The molecule has 1 heterocycles. The zero-order valence-corrected chi connectivity index (χ0v) is 27.4. The number of rotatable bonds is 7. The third-order valence-electron chi connectivity index (χ3n) is 9.50. The molecule has 0 bridgehead atoms. The van der Waals surface area contributed by atoms with Gasteiger partial charge in [0.1, 0.15) is 11.2 Å². The monoisotopic (exact) mass is 639 g/mol. The van der Waals surface area contributed by atoms with Crippen LogP contribution in [0.5, 0.6) is 0 Å². The quantitative estimate of drug-likeness (QED) is 0.173. The Morgan fingerprint density at radius 2 is 0.800 bits per heavy atom. The molecule has 1 aromatic heterocycles. The highest BCUT2D eigenvalue weighted by Gasteiger charge is 2.19. The first kappa shape index (κ1) is 29.5. The van der Waals surface area contributed by atoms with Crippen molar-refractivity contribution in [3.05, 3.63) is 200 Å². The minimum Gasteiger partial charge on any atom is -0.456 e. The molecule has 0 aliphatic rings. The lowest BCUT2D eigenvalue weighted by molar-refractivity contribution is 0.669. The van der Waals surface area contributed by atoms with Crippen molar-refractivity contribution in [2.45, 2.75) is 0 Å². The molecule has 2 nitrogen and oxygen atoms in total. The van der Waals surface area contributed by atoms with Crippen LogP contribution in [0.3, 0.4) is 0 Å². The average Bonchev–Trinajstić information content (AvgIpc) is 3.57. The number of para-hydroxylation sites is 2. The fourth-order valence-corrected chi connectivity index (χ4v) is 6.98. The Labute approximate surface area is 292 Å². The van der Waals surface area contributed by atoms with Crippen molar-refractivity contribution >= 4 is 39.0 Å².